The fourth-order valence-corrected chi connectivity index (χ4v) is 7.64. The van der Waals surface area contributed by atoms with E-state index in [-0.39, 0.29) is 52.3 Å². The molecule has 0 saturated carbocycles. The molecule has 0 aliphatic heterocycles. The molecule has 0 aliphatic rings. The number of nitrogens with zero attached hydrogens (tertiary/aromatic N) is 2. The Morgan fingerprint density at radius 2 is 0.708 bits per heavy atom. The maximum absolute atomic E-state index is 12.7. The van der Waals surface area contributed by atoms with Crippen LogP contribution < -0.4 is 9.47 Å². The van der Waals surface area contributed by atoms with Crippen LogP contribution in [-0.2, 0) is 25.8 Å². The quantitative estimate of drug-likeness (QED) is 0.0859. The minimum Gasteiger partial charge on any atom is -0.506 e. The summed E-state index contributed by atoms with van der Waals surface area (Å²) in [4.78, 5) is 0. The minimum absolute atomic E-state index is 0. The number of phenolic OH excluding ortho intramolecular Hbond substituents is 2. The molecule has 0 fully saturated rings. The fourth-order valence-electron chi connectivity index (χ4n) is 7.64. The van der Waals surface area contributed by atoms with Crippen molar-refractivity contribution in [2.24, 2.45) is 0 Å². The first kappa shape index (κ1) is 49.3. The van der Waals surface area contributed by atoms with Gasteiger partial charge in [0.25, 0.3) is 0 Å². The van der Waals surface area contributed by atoms with Crippen LogP contribution in [0.5, 0.6) is 23.0 Å². The van der Waals surface area contributed by atoms with E-state index in [0.29, 0.717) is 36.2 Å². The summed E-state index contributed by atoms with van der Waals surface area (Å²) in [5.74, 6) is 1.37. The van der Waals surface area contributed by atoms with Crippen molar-refractivity contribution in [1.82, 2.24) is 9.13 Å². The van der Waals surface area contributed by atoms with Gasteiger partial charge in [-0.15, -0.1) is 0 Å². The number of aromatic hydroxyl groups is 2. The van der Waals surface area contributed by atoms with E-state index >= 15 is 0 Å². The van der Waals surface area contributed by atoms with Gasteiger partial charge < -0.3 is 43.7 Å². The number of rotatable bonds is 9. The number of hydrogen-bond donors (Lipinski definition) is 2. The van der Waals surface area contributed by atoms with Gasteiger partial charge in [-0.2, -0.15) is 0 Å². The van der Waals surface area contributed by atoms with Crippen molar-refractivity contribution in [3.63, 3.8) is 0 Å². The summed E-state index contributed by atoms with van der Waals surface area (Å²) >= 11 is 0. The van der Waals surface area contributed by atoms with E-state index in [9.17, 15) is 19.0 Å². The van der Waals surface area contributed by atoms with E-state index in [1.54, 1.807) is 36.4 Å². The molecular weight excluding hydrogens is 981 g/mol. The zero-order chi connectivity index (χ0) is 43.0. The van der Waals surface area contributed by atoms with Gasteiger partial charge >= 0.3 is 0 Å². The molecule has 0 radical (unpaired) electrons. The van der Waals surface area contributed by atoms with Crippen LogP contribution in [0.1, 0.15) is 24.0 Å². The number of para-hydroxylation sites is 4. The van der Waals surface area contributed by atoms with Crippen molar-refractivity contribution in [2.45, 2.75) is 26.7 Å². The minimum atomic E-state index is -0.273. The van der Waals surface area contributed by atoms with Crippen molar-refractivity contribution in [3.05, 3.63) is 220 Å². The van der Waals surface area contributed by atoms with E-state index in [0.717, 1.165) is 57.4 Å². The summed E-state index contributed by atoms with van der Waals surface area (Å²) < 4.78 is 40.5. The summed E-state index contributed by atoms with van der Waals surface area (Å²) in [7, 11) is 0. The SMILES string of the molecule is Cc1ccc(O)c(-n2c3ccccc3c3ccccc32)c1.Cc1ccc(O)c(-n2c3ccccc3c3ccccc32)c1.Fc1ccc(OCCCCOc2ccc(F)cc2)cc1.[CH3-].[CH3-].[Hf]. The molecular formula is C56H52F2HfN2O4-2. The van der Waals surface area contributed by atoms with Gasteiger partial charge in [-0.25, -0.2) is 8.78 Å². The van der Waals surface area contributed by atoms with Crippen LogP contribution in [0.4, 0.5) is 8.78 Å². The van der Waals surface area contributed by atoms with Crippen molar-refractivity contribution in [3.8, 4) is 34.4 Å². The molecule has 0 atom stereocenters. The molecule has 65 heavy (non-hydrogen) atoms. The average Bonchev–Trinajstić information content (AvgIpc) is 3.81. The topological polar surface area (TPSA) is 68.8 Å². The second-order valence-electron chi connectivity index (χ2n) is 15.0. The molecule has 0 aliphatic carbocycles. The predicted molar refractivity (Wildman–Crippen MR) is 260 cm³/mol. The van der Waals surface area contributed by atoms with Crippen LogP contribution in [-0.4, -0.2) is 32.6 Å². The summed E-state index contributed by atoms with van der Waals surface area (Å²) in [6.45, 7) is 5.18. The van der Waals surface area contributed by atoms with Gasteiger partial charge in [-0.05, 0) is 135 Å². The largest absolute Gasteiger partial charge is 0.506 e. The van der Waals surface area contributed by atoms with E-state index in [4.69, 9.17) is 9.47 Å². The number of aryl methyl sites for hydroxylation is 2. The number of benzene rings is 8. The number of ether oxygens (including phenoxy) is 2. The Morgan fingerprint density at radius 3 is 1.02 bits per heavy atom. The summed E-state index contributed by atoms with van der Waals surface area (Å²) in [6.07, 6.45) is 1.66. The Kier molecular flexibility index (Phi) is 17.3. The number of fused-ring (bicyclic) bond motifs is 6. The van der Waals surface area contributed by atoms with Crippen LogP contribution in [0.15, 0.2) is 182 Å². The van der Waals surface area contributed by atoms with Crippen molar-refractivity contribution < 1.29 is 54.3 Å². The first-order chi connectivity index (χ1) is 30.2. The number of aromatic nitrogens is 2. The molecule has 2 aromatic heterocycles. The Hall–Kier alpha value is -6.71. The molecule has 6 nitrogen and oxygen atoms in total. The number of halogens is 2. The van der Waals surface area contributed by atoms with Crippen LogP contribution >= 0.6 is 0 Å². The van der Waals surface area contributed by atoms with Crippen LogP contribution in [0, 0.1) is 40.3 Å². The van der Waals surface area contributed by atoms with Gasteiger partial charge in [0.15, 0.2) is 0 Å². The Balaban J connectivity index is 0.000000179. The van der Waals surface area contributed by atoms with Gasteiger partial charge in [-0.3, -0.25) is 0 Å². The normalized spacial score (nSPS) is 10.5. The number of phenols is 2. The van der Waals surface area contributed by atoms with Gasteiger partial charge in [0, 0.05) is 47.4 Å². The van der Waals surface area contributed by atoms with E-state index in [1.807, 2.05) is 62.4 Å². The Labute approximate surface area is 398 Å². The second-order valence-corrected chi connectivity index (χ2v) is 15.0. The van der Waals surface area contributed by atoms with Gasteiger partial charge in [-0.1, -0.05) is 84.9 Å². The molecule has 9 heteroatoms. The van der Waals surface area contributed by atoms with Crippen molar-refractivity contribution >= 4 is 43.6 Å². The molecule has 330 valence electrons. The molecule has 2 heterocycles. The third-order valence-electron chi connectivity index (χ3n) is 10.6. The Morgan fingerprint density at radius 1 is 0.415 bits per heavy atom. The average molecular weight is 1030 g/mol. The van der Waals surface area contributed by atoms with Gasteiger partial charge in [0.05, 0.1) is 46.7 Å². The molecule has 10 rings (SSSR count). The standard InChI is InChI=1S/2C19H15NO.C16H16F2O2.2CH3.Hf/c2*1-13-10-11-19(21)18(12-13)20-16-8-4-2-6-14(16)15-7-3-5-9-17(15)20;17-13-3-7-15(8-4-13)19-11-1-2-12-20-16-9-5-14(18)6-10-16;;;/h2*2-12,21H,1H3;3-10H,1-2,11-12H2;2*1H3;/q;;;2*-1;. The maximum atomic E-state index is 12.7. The first-order valence-corrected chi connectivity index (χ1v) is 20.6. The molecule has 0 bridgehead atoms. The number of unbranched alkanes of at least 4 members (excludes halogenated alkanes) is 1. The summed E-state index contributed by atoms with van der Waals surface area (Å²) in [5, 5.41) is 25.4. The number of hydrogen-bond acceptors (Lipinski definition) is 4. The fraction of sp³-hybridized carbons (Fsp3) is 0.107. The molecule has 0 saturated heterocycles. The second kappa shape index (κ2) is 22.8. The summed E-state index contributed by atoms with van der Waals surface area (Å²) in [6, 6.07) is 56.5. The van der Waals surface area contributed by atoms with Crippen molar-refractivity contribution in [2.75, 3.05) is 13.2 Å². The zero-order valence-corrected chi connectivity index (χ0v) is 40.6. The molecule has 10 aromatic rings. The first-order valence-electron chi connectivity index (χ1n) is 20.6. The molecule has 0 amide bonds. The summed E-state index contributed by atoms with van der Waals surface area (Å²) in [5.41, 5.74) is 8.35. The van der Waals surface area contributed by atoms with Crippen LogP contribution in [0.2, 0.25) is 0 Å². The third kappa shape index (κ3) is 11.3. The van der Waals surface area contributed by atoms with Gasteiger partial charge in [0.2, 0.25) is 0 Å². The van der Waals surface area contributed by atoms with E-state index < -0.39 is 0 Å². The van der Waals surface area contributed by atoms with E-state index in [2.05, 4.69) is 81.9 Å². The molecule has 8 aromatic carbocycles. The molecule has 0 spiro atoms. The predicted octanol–water partition coefficient (Wildman–Crippen LogP) is 14.7. The Bertz CT molecular complexity index is 2790. The monoisotopic (exact) mass is 1030 g/mol. The molecule has 0 unspecified atom stereocenters. The van der Waals surface area contributed by atoms with Crippen LogP contribution in [0.25, 0.3) is 55.0 Å². The zero-order valence-electron chi connectivity index (χ0n) is 37.0. The van der Waals surface area contributed by atoms with E-state index in [1.165, 1.54) is 45.8 Å². The smallest absolute Gasteiger partial charge is 0.139 e. The molecule has 2 N–H and O–H groups in total. The maximum Gasteiger partial charge on any atom is 0.139 e. The van der Waals surface area contributed by atoms with Crippen LogP contribution in [0.3, 0.4) is 0 Å². The third-order valence-corrected chi connectivity index (χ3v) is 10.6. The van der Waals surface area contributed by atoms with Gasteiger partial charge in [0.1, 0.15) is 34.6 Å². The van der Waals surface area contributed by atoms with Crippen molar-refractivity contribution in [1.29, 1.82) is 0 Å².